The molecule has 1 fully saturated rings. The number of thioether (sulfide) groups is 1. The van der Waals surface area contributed by atoms with Crippen molar-refractivity contribution in [2.24, 2.45) is 0 Å². The molecule has 2 rings (SSSR count). The zero-order chi connectivity index (χ0) is 13.0. The summed E-state index contributed by atoms with van der Waals surface area (Å²) in [5, 5.41) is 13.9. The van der Waals surface area contributed by atoms with Crippen LogP contribution < -0.4 is 5.32 Å². The van der Waals surface area contributed by atoms with Gasteiger partial charge in [0, 0.05) is 18.1 Å². The van der Waals surface area contributed by atoms with Gasteiger partial charge in [-0.05, 0) is 42.0 Å². The minimum atomic E-state index is -0.599. The van der Waals surface area contributed by atoms with Crippen molar-refractivity contribution in [1.82, 2.24) is 5.32 Å². The second kappa shape index (κ2) is 6.24. The van der Waals surface area contributed by atoms with Crippen molar-refractivity contribution in [2.75, 3.05) is 18.1 Å². The number of halogens is 2. The van der Waals surface area contributed by atoms with E-state index < -0.39 is 5.60 Å². The predicted molar refractivity (Wildman–Crippen MR) is 74.6 cm³/mol. The van der Waals surface area contributed by atoms with Crippen LogP contribution in [0.2, 0.25) is 5.02 Å². The average molecular weight is 290 g/mol. The predicted octanol–water partition coefficient (Wildman–Crippen LogP) is 2.83. The molecular formula is C13H17ClFNOS. The largest absolute Gasteiger partial charge is 0.389 e. The molecule has 0 saturated carbocycles. The number of hydrogen-bond acceptors (Lipinski definition) is 3. The number of rotatable bonds is 4. The average Bonchev–Trinajstić information content (AvgIpc) is 2.33. The fourth-order valence-corrected chi connectivity index (χ4v) is 3.51. The van der Waals surface area contributed by atoms with Gasteiger partial charge >= 0.3 is 0 Å². The molecule has 0 spiro atoms. The van der Waals surface area contributed by atoms with Gasteiger partial charge in [-0.1, -0.05) is 17.7 Å². The van der Waals surface area contributed by atoms with Crippen molar-refractivity contribution in [2.45, 2.75) is 25.0 Å². The van der Waals surface area contributed by atoms with E-state index in [1.54, 1.807) is 6.07 Å². The van der Waals surface area contributed by atoms with E-state index in [2.05, 4.69) is 5.32 Å². The molecule has 18 heavy (non-hydrogen) atoms. The minimum absolute atomic E-state index is 0.327. The van der Waals surface area contributed by atoms with Gasteiger partial charge in [0.05, 0.1) is 5.60 Å². The van der Waals surface area contributed by atoms with E-state index in [9.17, 15) is 9.50 Å². The summed E-state index contributed by atoms with van der Waals surface area (Å²) in [7, 11) is 0. The van der Waals surface area contributed by atoms with Crippen LogP contribution in [0.15, 0.2) is 18.2 Å². The van der Waals surface area contributed by atoms with E-state index in [4.69, 9.17) is 11.6 Å². The monoisotopic (exact) mass is 289 g/mol. The first-order chi connectivity index (χ1) is 8.59. The summed E-state index contributed by atoms with van der Waals surface area (Å²) in [4.78, 5) is 0. The SMILES string of the molecule is OC1(CNCc2ccc(F)cc2Cl)CCSCC1. The quantitative estimate of drug-likeness (QED) is 0.894. The van der Waals surface area contributed by atoms with Gasteiger partial charge in [-0.3, -0.25) is 0 Å². The molecule has 0 amide bonds. The molecule has 5 heteroatoms. The Morgan fingerprint density at radius 3 is 2.78 bits per heavy atom. The van der Waals surface area contributed by atoms with Crippen molar-refractivity contribution in [1.29, 1.82) is 0 Å². The van der Waals surface area contributed by atoms with Crippen LogP contribution in [0.25, 0.3) is 0 Å². The van der Waals surface area contributed by atoms with E-state index >= 15 is 0 Å². The van der Waals surface area contributed by atoms with Crippen molar-refractivity contribution < 1.29 is 9.50 Å². The maximum Gasteiger partial charge on any atom is 0.124 e. The van der Waals surface area contributed by atoms with Gasteiger partial charge in [0.2, 0.25) is 0 Å². The number of hydrogen-bond donors (Lipinski definition) is 2. The van der Waals surface area contributed by atoms with Crippen molar-refractivity contribution in [3.05, 3.63) is 34.6 Å². The highest BCUT2D eigenvalue weighted by Gasteiger charge is 2.28. The Balaban J connectivity index is 1.84. The molecule has 1 aromatic rings. The lowest BCUT2D eigenvalue weighted by Gasteiger charge is -2.32. The molecule has 0 bridgehead atoms. The van der Waals surface area contributed by atoms with Crippen LogP contribution in [-0.2, 0) is 6.54 Å². The molecule has 100 valence electrons. The molecule has 0 aliphatic carbocycles. The van der Waals surface area contributed by atoms with Crippen LogP contribution >= 0.6 is 23.4 Å². The van der Waals surface area contributed by atoms with Crippen molar-refractivity contribution in [3.63, 3.8) is 0 Å². The maximum atomic E-state index is 12.9. The van der Waals surface area contributed by atoms with Crippen LogP contribution in [0.5, 0.6) is 0 Å². The Kier molecular flexibility index (Phi) is 4.90. The highest BCUT2D eigenvalue weighted by Crippen LogP contribution is 2.26. The molecule has 0 radical (unpaired) electrons. The zero-order valence-corrected chi connectivity index (χ0v) is 11.7. The molecule has 1 aliphatic heterocycles. The number of benzene rings is 1. The van der Waals surface area contributed by atoms with Gasteiger partial charge in [-0.25, -0.2) is 4.39 Å². The topological polar surface area (TPSA) is 32.3 Å². The van der Waals surface area contributed by atoms with Crippen LogP contribution in [0.4, 0.5) is 4.39 Å². The summed E-state index contributed by atoms with van der Waals surface area (Å²) in [6.07, 6.45) is 1.64. The number of aliphatic hydroxyl groups is 1. The van der Waals surface area contributed by atoms with Crippen LogP contribution in [0, 0.1) is 5.82 Å². The van der Waals surface area contributed by atoms with Crippen LogP contribution in [0.3, 0.4) is 0 Å². The van der Waals surface area contributed by atoms with E-state index in [1.807, 2.05) is 11.8 Å². The Morgan fingerprint density at radius 1 is 1.39 bits per heavy atom. The molecule has 0 unspecified atom stereocenters. The van der Waals surface area contributed by atoms with Gasteiger partial charge in [-0.15, -0.1) is 0 Å². The summed E-state index contributed by atoms with van der Waals surface area (Å²) < 4.78 is 12.9. The third-order valence-corrected chi connectivity index (χ3v) is 4.55. The van der Waals surface area contributed by atoms with E-state index in [-0.39, 0.29) is 5.82 Å². The van der Waals surface area contributed by atoms with Gasteiger partial charge in [-0.2, -0.15) is 11.8 Å². The minimum Gasteiger partial charge on any atom is -0.389 e. The molecular weight excluding hydrogens is 273 g/mol. The molecule has 2 nitrogen and oxygen atoms in total. The second-order valence-electron chi connectivity index (χ2n) is 4.68. The first-order valence-electron chi connectivity index (χ1n) is 6.04. The highest BCUT2D eigenvalue weighted by molar-refractivity contribution is 7.99. The molecule has 1 saturated heterocycles. The molecule has 2 N–H and O–H groups in total. The molecule has 1 aromatic carbocycles. The Hall–Kier alpha value is -0.290. The van der Waals surface area contributed by atoms with E-state index in [0.717, 1.165) is 29.9 Å². The fourth-order valence-electron chi connectivity index (χ4n) is 2.02. The maximum absolute atomic E-state index is 12.9. The molecule has 0 aromatic heterocycles. The second-order valence-corrected chi connectivity index (χ2v) is 6.31. The first-order valence-corrected chi connectivity index (χ1v) is 7.57. The Bertz CT molecular complexity index is 410. The van der Waals surface area contributed by atoms with Crippen molar-refractivity contribution in [3.8, 4) is 0 Å². The smallest absolute Gasteiger partial charge is 0.124 e. The van der Waals surface area contributed by atoms with E-state index in [0.29, 0.717) is 18.1 Å². The zero-order valence-electron chi connectivity index (χ0n) is 10.1. The van der Waals surface area contributed by atoms with Crippen LogP contribution in [0.1, 0.15) is 18.4 Å². The van der Waals surface area contributed by atoms with Gasteiger partial charge in [0.15, 0.2) is 0 Å². The Labute approximate surface area is 116 Å². The summed E-state index contributed by atoms with van der Waals surface area (Å²) in [6, 6.07) is 4.38. The first kappa shape index (κ1) is 14.1. The highest BCUT2D eigenvalue weighted by atomic mass is 35.5. The third kappa shape index (κ3) is 3.85. The lowest BCUT2D eigenvalue weighted by atomic mass is 9.97. The van der Waals surface area contributed by atoms with Crippen LogP contribution in [-0.4, -0.2) is 28.8 Å². The molecule has 1 aliphatic rings. The normalized spacial score (nSPS) is 18.8. The van der Waals surface area contributed by atoms with Gasteiger partial charge in [0.25, 0.3) is 0 Å². The third-order valence-electron chi connectivity index (χ3n) is 3.21. The Morgan fingerprint density at radius 2 is 2.11 bits per heavy atom. The molecule has 1 heterocycles. The molecule has 0 atom stereocenters. The van der Waals surface area contributed by atoms with Crippen molar-refractivity contribution >= 4 is 23.4 Å². The summed E-state index contributed by atoms with van der Waals surface area (Å²) in [6.45, 7) is 1.11. The fraction of sp³-hybridized carbons (Fsp3) is 0.538. The van der Waals surface area contributed by atoms with E-state index in [1.165, 1.54) is 12.1 Å². The standard InChI is InChI=1S/C13H17ClFNOS/c14-12-7-11(15)2-1-10(12)8-16-9-13(17)3-5-18-6-4-13/h1-2,7,16-17H,3-6,8-9H2. The lowest BCUT2D eigenvalue weighted by molar-refractivity contribution is 0.0320. The summed E-state index contributed by atoms with van der Waals surface area (Å²) in [5.41, 5.74) is 0.254. The number of nitrogens with one attached hydrogen (secondary N) is 1. The van der Waals surface area contributed by atoms with Gasteiger partial charge in [0.1, 0.15) is 5.82 Å². The summed E-state index contributed by atoms with van der Waals surface area (Å²) in [5.74, 6) is 1.69. The van der Waals surface area contributed by atoms with Gasteiger partial charge < -0.3 is 10.4 Å². The summed E-state index contributed by atoms with van der Waals surface area (Å²) >= 11 is 7.82. The lowest BCUT2D eigenvalue weighted by Crippen LogP contribution is -2.43.